The number of allylic oxidation sites excluding steroid dienone is 2. The number of nitro groups is 1. The molecular weight excluding hydrogens is 308 g/mol. The molecule has 2 amide bonds. The number of imide groups is 1. The molecule has 1 heterocycles. The Morgan fingerprint density at radius 2 is 1.73 bits per heavy atom. The smallest absolute Gasteiger partial charge is 0.274 e. The molecule has 0 spiro atoms. The third kappa shape index (κ3) is 1.61. The highest BCUT2D eigenvalue weighted by Gasteiger charge is 2.60. The third-order valence-electron chi connectivity index (χ3n) is 4.85. The largest absolute Gasteiger partial charge is 0.294 e. The van der Waals surface area contributed by atoms with Gasteiger partial charge in [-0.1, -0.05) is 23.8 Å². The summed E-state index contributed by atoms with van der Waals surface area (Å²) >= 11 is 5.79. The van der Waals surface area contributed by atoms with Gasteiger partial charge in [-0.25, -0.2) is 4.90 Å². The van der Waals surface area contributed by atoms with Crippen LogP contribution in [-0.4, -0.2) is 16.7 Å². The standard InChI is InChI=1S/C15H11ClN2O4/c16-9-3-4-10(11(6-9)18(21)22)17-14(19)12-7-1-2-8(5-7)13(12)15(17)20/h1-4,6-8,12-13H,5H2/t7-,8-,12-,13+/m1/s1. The minimum Gasteiger partial charge on any atom is -0.274 e. The molecule has 7 heteroatoms. The van der Waals surface area contributed by atoms with E-state index in [9.17, 15) is 19.7 Å². The van der Waals surface area contributed by atoms with Gasteiger partial charge in [-0.2, -0.15) is 0 Å². The van der Waals surface area contributed by atoms with Crippen molar-refractivity contribution in [3.63, 3.8) is 0 Å². The predicted octanol–water partition coefficient (Wildman–Crippen LogP) is 2.56. The average Bonchev–Trinajstić information content (AvgIpc) is 3.14. The van der Waals surface area contributed by atoms with Crippen molar-refractivity contribution >= 4 is 34.8 Å². The Bertz CT molecular complexity index is 730. The van der Waals surface area contributed by atoms with Crippen LogP contribution in [0.3, 0.4) is 0 Å². The molecule has 1 aromatic carbocycles. The number of carbonyl (C=O) groups excluding carboxylic acids is 2. The Morgan fingerprint density at radius 1 is 1.14 bits per heavy atom. The molecule has 0 aromatic heterocycles. The van der Waals surface area contributed by atoms with Crippen LogP contribution in [0.2, 0.25) is 5.02 Å². The predicted molar refractivity (Wildman–Crippen MR) is 78.3 cm³/mol. The van der Waals surface area contributed by atoms with Crippen LogP contribution >= 0.6 is 11.6 Å². The number of nitrogens with zero attached hydrogens (tertiary/aromatic N) is 2. The second-order valence-electron chi connectivity index (χ2n) is 5.90. The van der Waals surface area contributed by atoms with E-state index in [1.165, 1.54) is 18.2 Å². The molecule has 6 nitrogen and oxygen atoms in total. The molecule has 112 valence electrons. The maximum atomic E-state index is 12.7. The highest BCUT2D eigenvalue weighted by atomic mass is 35.5. The average molecular weight is 319 g/mol. The molecule has 2 fully saturated rings. The van der Waals surface area contributed by atoms with Gasteiger partial charge in [0.1, 0.15) is 5.69 Å². The van der Waals surface area contributed by atoms with E-state index in [1.807, 2.05) is 12.2 Å². The van der Waals surface area contributed by atoms with E-state index in [2.05, 4.69) is 0 Å². The van der Waals surface area contributed by atoms with Crippen molar-refractivity contribution in [1.29, 1.82) is 0 Å². The van der Waals surface area contributed by atoms with E-state index in [0.717, 1.165) is 11.3 Å². The highest BCUT2D eigenvalue weighted by molar-refractivity contribution is 6.31. The van der Waals surface area contributed by atoms with E-state index in [0.29, 0.717) is 0 Å². The van der Waals surface area contributed by atoms with E-state index in [1.54, 1.807) is 0 Å². The minimum absolute atomic E-state index is 0.0122. The minimum atomic E-state index is -0.622. The van der Waals surface area contributed by atoms with Gasteiger partial charge in [0, 0.05) is 11.1 Å². The Labute approximate surface area is 130 Å². The summed E-state index contributed by atoms with van der Waals surface area (Å²) in [4.78, 5) is 36.9. The molecule has 1 aliphatic heterocycles. The fourth-order valence-electron chi connectivity index (χ4n) is 3.97. The highest BCUT2D eigenvalue weighted by Crippen LogP contribution is 2.53. The van der Waals surface area contributed by atoms with Crippen LogP contribution in [0.4, 0.5) is 11.4 Å². The Balaban J connectivity index is 1.81. The summed E-state index contributed by atoms with van der Waals surface area (Å²) < 4.78 is 0. The zero-order chi connectivity index (χ0) is 15.6. The first-order chi connectivity index (χ1) is 10.5. The monoisotopic (exact) mass is 318 g/mol. The molecule has 0 unspecified atom stereocenters. The molecular formula is C15H11ClN2O4. The van der Waals surface area contributed by atoms with Crippen molar-refractivity contribution in [3.8, 4) is 0 Å². The number of hydrogen-bond acceptors (Lipinski definition) is 4. The first-order valence-corrected chi connectivity index (χ1v) is 7.37. The molecule has 2 bridgehead atoms. The number of carbonyl (C=O) groups is 2. The third-order valence-corrected chi connectivity index (χ3v) is 5.08. The summed E-state index contributed by atoms with van der Waals surface area (Å²) in [5.74, 6) is -1.28. The number of anilines is 1. The molecule has 3 aliphatic rings. The van der Waals surface area contributed by atoms with Gasteiger partial charge in [-0.05, 0) is 30.4 Å². The van der Waals surface area contributed by atoms with Gasteiger partial charge in [0.25, 0.3) is 5.69 Å². The molecule has 22 heavy (non-hydrogen) atoms. The first-order valence-electron chi connectivity index (χ1n) is 6.99. The van der Waals surface area contributed by atoms with Gasteiger partial charge in [0.05, 0.1) is 16.8 Å². The van der Waals surface area contributed by atoms with Crippen LogP contribution in [0.1, 0.15) is 6.42 Å². The maximum Gasteiger partial charge on any atom is 0.294 e. The number of amides is 2. The second-order valence-corrected chi connectivity index (χ2v) is 6.34. The van der Waals surface area contributed by atoms with Gasteiger partial charge >= 0.3 is 0 Å². The van der Waals surface area contributed by atoms with Crippen molar-refractivity contribution in [1.82, 2.24) is 0 Å². The SMILES string of the molecule is O=C1[C@@H]2[C@H](C(=O)N1c1ccc(Cl)cc1[N+](=O)[O-])[C@@H]1C=C[C@@H]2C1. The summed E-state index contributed by atoms with van der Waals surface area (Å²) in [7, 11) is 0. The number of hydrogen-bond donors (Lipinski definition) is 0. The van der Waals surface area contributed by atoms with E-state index in [-0.39, 0.29) is 51.9 Å². The van der Waals surface area contributed by atoms with Gasteiger partial charge in [-0.15, -0.1) is 0 Å². The molecule has 0 N–H and O–H groups in total. The molecule has 4 atom stereocenters. The summed E-state index contributed by atoms with van der Waals surface area (Å²) in [6.45, 7) is 0. The Hall–Kier alpha value is -2.21. The number of fused-ring (bicyclic) bond motifs is 5. The lowest BCUT2D eigenvalue weighted by atomic mass is 9.85. The van der Waals surface area contributed by atoms with Crippen LogP contribution in [-0.2, 0) is 9.59 Å². The maximum absolute atomic E-state index is 12.7. The van der Waals surface area contributed by atoms with Crippen molar-refractivity contribution in [2.45, 2.75) is 6.42 Å². The Morgan fingerprint density at radius 3 is 2.27 bits per heavy atom. The summed E-state index contributed by atoms with van der Waals surface area (Å²) in [5.41, 5.74) is -0.312. The summed E-state index contributed by atoms with van der Waals surface area (Å²) in [6.07, 6.45) is 4.79. The molecule has 1 saturated carbocycles. The van der Waals surface area contributed by atoms with E-state index >= 15 is 0 Å². The Kier molecular flexibility index (Phi) is 2.69. The zero-order valence-corrected chi connectivity index (χ0v) is 12.1. The van der Waals surface area contributed by atoms with Gasteiger partial charge in [0.2, 0.25) is 11.8 Å². The fraction of sp³-hybridized carbons (Fsp3) is 0.333. The molecule has 2 aliphatic carbocycles. The van der Waals surface area contributed by atoms with Crippen LogP contribution < -0.4 is 4.90 Å². The first kappa shape index (κ1) is 13.5. The van der Waals surface area contributed by atoms with Crippen LogP contribution in [0.15, 0.2) is 30.4 Å². The van der Waals surface area contributed by atoms with Gasteiger partial charge in [0.15, 0.2) is 0 Å². The van der Waals surface area contributed by atoms with Crippen LogP contribution in [0, 0.1) is 33.8 Å². The fourth-order valence-corrected chi connectivity index (χ4v) is 4.14. The topological polar surface area (TPSA) is 80.5 Å². The van der Waals surface area contributed by atoms with Gasteiger partial charge < -0.3 is 0 Å². The van der Waals surface area contributed by atoms with E-state index in [4.69, 9.17) is 11.6 Å². The lowest BCUT2D eigenvalue weighted by molar-refractivity contribution is -0.384. The molecule has 1 saturated heterocycles. The number of rotatable bonds is 2. The van der Waals surface area contributed by atoms with Crippen molar-refractivity contribution < 1.29 is 14.5 Å². The van der Waals surface area contributed by atoms with E-state index < -0.39 is 4.92 Å². The summed E-state index contributed by atoms with van der Waals surface area (Å²) in [6, 6.07) is 3.98. The van der Waals surface area contributed by atoms with Crippen LogP contribution in [0.5, 0.6) is 0 Å². The summed E-state index contributed by atoms with van der Waals surface area (Å²) in [5, 5.41) is 11.4. The molecule has 4 rings (SSSR count). The van der Waals surface area contributed by atoms with Crippen molar-refractivity contribution in [2.75, 3.05) is 4.90 Å². The number of nitro benzene ring substituents is 1. The van der Waals surface area contributed by atoms with Gasteiger partial charge in [-0.3, -0.25) is 19.7 Å². The second kappa shape index (κ2) is 4.39. The van der Waals surface area contributed by atoms with Crippen molar-refractivity contribution in [3.05, 3.63) is 45.5 Å². The number of halogens is 1. The lowest BCUT2D eigenvalue weighted by Gasteiger charge is -2.17. The lowest BCUT2D eigenvalue weighted by Crippen LogP contribution is -2.33. The molecule has 1 aromatic rings. The van der Waals surface area contributed by atoms with Crippen LogP contribution in [0.25, 0.3) is 0 Å². The quantitative estimate of drug-likeness (QED) is 0.363. The van der Waals surface area contributed by atoms with Crippen molar-refractivity contribution in [2.24, 2.45) is 23.7 Å². The molecule has 0 radical (unpaired) electrons. The zero-order valence-electron chi connectivity index (χ0n) is 11.3. The number of benzene rings is 1. The normalized spacial score (nSPS) is 32.0.